The molecule has 10 nitrogen and oxygen atoms in total. The molecular weight excluding hydrogens is 492 g/mol. The van der Waals surface area contributed by atoms with Gasteiger partial charge in [-0.1, -0.05) is 0 Å². The zero-order valence-electron chi connectivity index (χ0n) is 15.1. The molecule has 160 valence electrons. The first-order chi connectivity index (χ1) is 13.5. The summed E-state index contributed by atoms with van der Waals surface area (Å²) in [7, 11) is -4.16. The maximum atomic E-state index is 12.0. The van der Waals surface area contributed by atoms with E-state index in [0.717, 1.165) is 23.9 Å². The number of carboxylic acid groups (broad SMARTS) is 1. The van der Waals surface area contributed by atoms with Gasteiger partial charge in [-0.15, -0.1) is 11.8 Å². The second-order valence-corrected chi connectivity index (χ2v) is 10.4. The lowest BCUT2D eigenvalue weighted by atomic mass is 9.83. The summed E-state index contributed by atoms with van der Waals surface area (Å²) in [6.45, 7) is 1.02. The van der Waals surface area contributed by atoms with Crippen LogP contribution in [-0.2, 0) is 24.3 Å². The van der Waals surface area contributed by atoms with E-state index in [1.807, 2.05) is 0 Å². The van der Waals surface area contributed by atoms with Crippen LogP contribution in [0.5, 0.6) is 0 Å². The van der Waals surface area contributed by atoms with Gasteiger partial charge in [0.05, 0.1) is 23.0 Å². The largest absolute Gasteiger partial charge is 0.480 e. The summed E-state index contributed by atoms with van der Waals surface area (Å²) in [5, 5.41) is 25.4. The number of primary sulfonamides is 1. The van der Waals surface area contributed by atoms with Crippen LogP contribution in [0.15, 0.2) is 26.4 Å². The molecule has 0 amide bonds. The minimum atomic E-state index is -4.16. The van der Waals surface area contributed by atoms with Crippen LogP contribution >= 0.6 is 27.7 Å². The monoisotopic (exact) mass is 510 g/mol. The van der Waals surface area contributed by atoms with Crippen molar-refractivity contribution in [1.29, 1.82) is 0 Å². The zero-order chi connectivity index (χ0) is 21.4. The van der Waals surface area contributed by atoms with Crippen LogP contribution in [0.1, 0.15) is 25.7 Å². The summed E-state index contributed by atoms with van der Waals surface area (Å²) in [6, 6.07) is 1.98. The molecular formula is C16H19BrN2O8S2. The third-order valence-electron chi connectivity index (χ3n) is 5.04. The molecule has 0 aromatic heterocycles. The van der Waals surface area contributed by atoms with Crippen molar-refractivity contribution in [3.05, 3.63) is 26.7 Å². The molecule has 3 rings (SSSR count). The molecule has 1 saturated carbocycles. The molecule has 1 aliphatic heterocycles. The maximum Gasteiger partial charge on any atom is 0.317 e. The molecule has 1 heterocycles. The molecule has 0 radical (unpaired) electrons. The lowest BCUT2D eigenvalue weighted by Crippen LogP contribution is -2.39. The molecule has 2 aliphatic rings. The molecule has 29 heavy (non-hydrogen) atoms. The highest BCUT2D eigenvalue weighted by molar-refractivity contribution is 9.10. The maximum absolute atomic E-state index is 12.0. The smallest absolute Gasteiger partial charge is 0.317 e. The third kappa shape index (κ3) is 4.91. The van der Waals surface area contributed by atoms with Crippen LogP contribution in [-0.4, -0.2) is 48.7 Å². The lowest BCUT2D eigenvalue weighted by Gasteiger charge is -2.37. The number of nitrogens with zero attached hydrogens (tertiary/aromatic N) is 1. The number of hydrogen-bond acceptors (Lipinski definition) is 8. The third-order valence-corrected chi connectivity index (χ3v) is 8.33. The van der Waals surface area contributed by atoms with Crippen molar-refractivity contribution >= 4 is 49.4 Å². The van der Waals surface area contributed by atoms with Gasteiger partial charge in [-0.05, 0) is 40.8 Å². The number of nitro benzene ring substituents is 1. The van der Waals surface area contributed by atoms with E-state index in [1.54, 1.807) is 0 Å². The summed E-state index contributed by atoms with van der Waals surface area (Å²) in [5.74, 6) is -1.99. The number of halogens is 1. The van der Waals surface area contributed by atoms with E-state index < -0.39 is 42.5 Å². The van der Waals surface area contributed by atoms with Crippen LogP contribution in [0.3, 0.4) is 0 Å². The van der Waals surface area contributed by atoms with Crippen molar-refractivity contribution in [2.24, 2.45) is 11.1 Å². The fourth-order valence-corrected chi connectivity index (χ4v) is 6.30. The Balaban J connectivity index is 1.87. The van der Waals surface area contributed by atoms with Crippen molar-refractivity contribution in [2.45, 2.75) is 46.5 Å². The number of aliphatic carboxylic acids is 1. The highest BCUT2D eigenvalue weighted by Crippen LogP contribution is 2.46. The molecule has 1 aliphatic carbocycles. The Morgan fingerprint density at radius 2 is 1.93 bits per heavy atom. The van der Waals surface area contributed by atoms with Gasteiger partial charge in [0, 0.05) is 23.4 Å². The van der Waals surface area contributed by atoms with Gasteiger partial charge in [-0.3, -0.25) is 14.9 Å². The van der Waals surface area contributed by atoms with E-state index in [1.165, 1.54) is 0 Å². The molecule has 1 aromatic carbocycles. The normalized spacial score (nSPS) is 20.6. The van der Waals surface area contributed by atoms with Gasteiger partial charge < -0.3 is 14.6 Å². The average Bonchev–Trinajstić information content (AvgIpc) is 3.08. The second-order valence-electron chi connectivity index (χ2n) is 6.88. The summed E-state index contributed by atoms with van der Waals surface area (Å²) < 4.78 is 34.6. The predicted octanol–water partition coefficient (Wildman–Crippen LogP) is 2.48. The van der Waals surface area contributed by atoms with Gasteiger partial charge in [0.15, 0.2) is 5.79 Å². The molecule has 3 N–H and O–H groups in total. The molecule has 1 saturated heterocycles. The van der Waals surface area contributed by atoms with Crippen LogP contribution in [0.2, 0.25) is 0 Å². The Kier molecular flexibility index (Phi) is 6.56. The van der Waals surface area contributed by atoms with Crippen molar-refractivity contribution in [1.82, 2.24) is 0 Å². The second kappa shape index (κ2) is 8.47. The summed E-state index contributed by atoms with van der Waals surface area (Å²) in [4.78, 5) is 22.3. The number of thioether (sulfide) groups is 1. The van der Waals surface area contributed by atoms with Gasteiger partial charge >= 0.3 is 5.97 Å². The Labute approximate surface area is 179 Å². The number of hydrogen-bond donors (Lipinski definition) is 2. The Hall–Kier alpha value is -1.25. The average molecular weight is 511 g/mol. The highest BCUT2D eigenvalue weighted by Gasteiger charge is 2.44. The number of nitrogens with two attached hydrogens (primary N) is 1. The standard InChI is InChI=1S/C16H19BrN2O8S2/c17-11-7-10(29(18,24)25)8-12(19(22)23)14(11)28-13(15(20)21)9-1-3-16(4-2-9)26-5-6-27-16/h7-9,13H,1-6H2,(H,20,21)(H2,18,24,25)/t13-/m0/s1. The predicted molar refractivity (Wildman–Crippen MR) is 106 cm³/mol. The Morgan fingerprint density at radius 3 is 2.41 bits per heavy atom. The van der Waals surface area contributed by atoms with Crippen molar-refractivity contribution in [2.75, 3.05) is 13.2 Å². The van der Waals surface area contributed by atoms with Crippen molar-refractivity contribution in [3.63, 3.8) is 0 Å². The van der Waals surface area contributed by atoms with Crippen molar-refractivity contribution in [3.8, 4) is 0 Å². The molecule has 1 atom stereocenters. The van der Waals surface area contributed by atoms with Gasteiger partial charge in [0.2, 0.25) is 10.0 Å². The molecule has 1 aromatic rings. The fourth-order valence-electron chi connectivity index (χ4n) is 3.61. The molecule has 1 spiro atoms. The number of nitro groups is 1. The quantitative estimate of drug-likeness (QED) is 0.332. The fraction of sp³-hybridized carbons (Fsp3) is 0.562. The van der Waals surface area contributed by atoms with E-state index in [-0.39, 0.29) is 15.3 Å². The first-order valence-electron chi connectivity index (χ1n) is 8.70. The first-order valence-corrected chi connectivity index (χ1v) is 11.9. The molecule has 0 unspecified atom stereocenters. The van der Waals surface area contributed by atoms with E-state index in [0.29, 0.717) is 38.9 Å². The van der Waals surface area contributed by atoms with Gasteiger partial charge in [0.25, 0.3) is 5.69 Å². The number of benzene rings is 1. The SMILES string of the molecule is NS(=O)(=O)c1cc(Br)c(S[C@H](C(=O)O)C2CCC3(CC2)OCCO3)c([N+](=O)[O-])c1. The number of rotatable bonds is 6. The summed E-state index contributed by atoms with van der Waals surface area (Å²) in [5.41, 5.74) is -0.519. The minimum Gasteiger partial charge on any atom is -0.480 e. The number of carbonyl (C=O) groups is 1. The highest BCUT2D eigenvalue weighted by atomic mass is 79.9. The van der Waals surface area contributed by atoms with Gasteiger partial charge in [-0.2, -0.15) is 0 Å². The Morgan fingerprint density at radius 1 is 1.34 bits per heavy atom. The van der Waals surface area contributed by atoms with Crippen LogP contribution in [0.4, 0.5) is 5.69 Å². The number of sulfonamides is 1. The van der Waals surface area contributed by atoms with Gasteiger partial charge in [-0.25, -0.2) is 13.6 Å². The molecule has 0 bridgehead atoms. The zero-order valence-corrected chi connectivity index (χ0v) is 18.3. The lowest BCUT2D eigenvalue weighted by molar-refractivity contribution is -0.388. The van der Waals surface area contributed by atoms with Crippen LogP contribution < -0.4 is 5.14 Å². The van der Waals surface area contributed by atoms with E-state index >= 15 is 0 Å². The van der Waals surface area contributed by atoms with E-state index in [9.17, 15) is 28.4 Å². The van der Waals surface area contributed by atoms with Crippen molar-refractivity contribution < 1.29 is 32.7 Å². The van der Waals surface area contributed by atoms with Crippen LogP contribution in [0.25, 0.3) is 0 Å². The topological polar surface area (TPSA) is 159 Å². The van der Waals surface area contributed by atoms with Gasteiger partial charge in [0.1, 0.15) is 10.1 Å². The molecule has 13 heteroatoms. The summed E-state index contributed by atoms with van der Waals surface area (Å²) >= 11 is 3.96. The number of ether oxygens (including phenoxy) is 2. The minimum absolute atomic E-state index is 0.0449. The van der Waals surface area contributed by atoms with E-state index in [4.69, 9.17) is 14.6 Å². The molecule has 2 fully saturated rings. The first kappa shape index (κ1) is 22.4. The van der Waals surface area contributed by atoms with Crippen LogP contribution in [0, 0.1) is 16.0 Å². The Bertz CT molecular complexity index is 923. The summed E-state index contributed by atoms with van der Waals surface area (Å²) in [6.07, 6.45) is 2.17. The number of carboxylic acids is 1. The van der Waals surface area contributed by atoms with E-state index in [2.05, 4.69) is 15.9 Å².